The first kappa shape index (κ1) is 23.8. The van der Waals surface area contributed by atoms with Crippen molar-refractivity contribution in [1.82, 2.24) is 4.90 Å². The van der Waals surface area contributed by atoms with Gasteiger partial charge in [0.25, 0.3) is 5.91 Å². The van der Waals surface area contributed by atoms with Crippen LogP contribution < -0.4 is 19.5 Å². The third-order valence-electron chi connectivity index (χ3n) is 6.40. The second-order valence-corrected chi connectivity index (χ2v) is 8.45. The summed E-state index contributed by atoms with van der Waals surface area (Å²) in [4.78, 5) is 29.2. The van der Waals surface area contributed by atoms with E-state index in [4.69, 9.17) is 14.2 Å². The molecule has 8 heteroatoms. The summed E-state index contributed by atoms with van der Waals surface area (Å²) in [5.41, 5.74) is 0.941. The number of nitrogens with one attached hydrogen (secondary N) is 1. The summed E-state index contributed by atoms with van der Waals surface area (Å²) in [6.07, 6.45) is 0.718. The summed E-state index contributed by atoms with van der Waals surface area (Å²) in [5, 5.41) is 13.5. The first-order valence-electron chi connectivity index (χ1n) is 11.5. The molecule has 2 saturated heterocycles. The quantitative estimate of drug-likeness (QED) is 0.340. The largest absolute Gasteiger partial charge is 0.872 e. The first-order valence-corrected chi connectivity index (χ1v) is 11.5. The van der Waals surface area contributed by atoms with Gasteiger partial charge in [0.05, 0.1) is 40.0 Å². The number of ether oxygens (including phenoxy) is 3. The van der Waals surface area contributed by atoms with Gasteiger partial charge in [-0.3, -0.25) is 9.59 Å². The van der Waals surface area contributed by atoms with E-state index in [-0.39, 0.29) is 5.57 Å². The Kier molecular flexibility index (Phi) is 7.49. The van der Waals surface area contributed by atoms with E-state index in [1.165, 1.54) is 16.9 Å². The van der Waals surface area contributed by atoms with E-state index < -0.39 is 23.5 Å². The molecule has 2 heterocycles. The van der Waals surface area contributed by atoms with Crippen molar-refractivity contribution in [1.29, 1.82) is 0 Å². The Hall–Kier alpha value is -3.36. The summed E-state index contributed by atoms with van der Waals surface area (Å²) < 4.78 is 16.0. The van der Waals surface area contributed by atoms with Crippen LogP contribution >= 0.6 is 0 Å². The zero-order valence-electron chi connectivity index (χ0n) is 19.5. The van der Waals surface area contributed by atoms with Gasteiger partial charge < -0.3 is 29.1 Å². The van der Waals surface area contributed by atoms with Crippen molar-refractivity contribution in [3.8, 4) is 11.5 Å². The van der Waals surface area contributed by atoms with Crippen LogP contribution in [0.2, 0.25) is 0 Å². The number of rotatable bonds is 8. The lowest BCUT2D eigenvalue weighted by atomic mass is 9.95. The molecule has 1 N–H and O–H groups in total. The Morgan fingerprint density at radius 2 is 1.74 bits per heavy atom. The minimum Gasteiger partial charge on any atom is -0.872 e. The summed E-state index contributed by atoms with van der Waals surface area (Å²) in [7, 11) is 3.07. The lowest BCUT2D eigenvalue weighted by molar-refractivity contribution is -0.908. The molecule has 2 fully saturated rings. The zero-order valence-corrected chi connectivity index (χ0v) is 19.5. The second-order valence-electron chi connectivity index (χ2n) is 8.45. The lowest BCUT2D eigenvalue weighted by Crippen LogP contribution is -3.14. The maximum Gasteiger partial charge on any atom is 0.295 e. The number of amides is 1. The molecule has 2 aliphatic rings. The molecule has 0 aliphatic carbocycles. The van der Waals surface area contributed by atoms with E-state index in [1.54, 1.807) is 49.6 Å². The molecule has 2 aromatic rings. The van der Waals surface area contributed by atoms with Crippen molar-refractivity contribution in [2.75, 3.05) is 53.6 Å². The molecule has 0 aromatic heterocycles. The number of ketones is 1. The van der Waals surface area contributed by atoms with E-state index in [1.807, 2.05) is 6.07 Å². The van der Waals surface area contributed by atoms with Gasteiger partial charge in [-0.15, -0.1) is 0 Å². The van der Waals surface area contributed by atoms with Gasteiger partial charge >= 0.3 is 0 Å². The van der Waals surface area contributed by atoms with E-state index in [0.717, 1.165) is 39.3 Å². The number of morpholine rings is 1. The number of quaternary nitrogens is 1. The zero-order chi connectivity index (χ0) is 24.1. The predicted molar refractivity (Wildman–Crippen MR) is 123 cm³/mol. The topological polar surface area (TPSA) is 92.6 Å². The van der Waals surface area contributed by atoms with Gasteiger partial charge in [0, 0.05) is 18.5 Å². The smallest absolute Gasteiger partial charge is 0.295 e. The van der Waals surface area contributed by atoms with E-state index in [2.05, 4.69) is 0 Å². The average Bonchev–Trinajstić information content (AvgIpc) is 3.14. The van der Waals surface area contributed by atoms with Crippen molar-refractivity contribution < 1.29 is 33.8 Å². The fourth-order valence-electron chi connectivity index (χ4n) is 4.59. The van der Waals surface area contributed by atoms with Gasteiger partial charge in [0.2, 0.25) is 5.78 Å². The Morgan fingerprint density at radius 1 is 1.06 bits per heavy atom. The van der Waals surface area contributed by atoms with E-state index in [9.17, 15) is 14.7 Å². The number of Topliss-reactive ketones (excluding diaryl/α,β-unsaturated/α-hetero) is 1. The SMILES string of the molecule is COc1cccc(/C([O-])=C2\C(=O)C(=O)N(CCC[NH+]3CCOCC3)C2c2cccc(OC)c2)c1. The number of carbonyl (C=O) groups is 2. The van der Waals surface area contributed by atoms with E-state index in [0.29, 0.717) is 29.2 Å². The number of carbonyl (C=O) groups excluding carboxylic acids is 2. The van der Waals surface area contributed by atoms with Gasteiger partial charge in [0.1, 0.15) is 24.6 Å². The van der Waals surface area contributed by atoms with Crippen LogP contribution in [0.4, 0.5) is 0 Å². The van der Waals surface area contributed by atoms with Crippen LogP contribution in [0.3, 0.4) is 0 Å². The second kappa shape index (κ2) is 10.7. The van der Waals surface area contributed by atoms with Crippen LogP contribution in [0.5, 0.6) is 11.5 Å². The fraction of sp³-hybridized carbons (Fsp3) is 0.385. The predicted octanol–water partition coefficient (Wildman–Crippen LogP) is 0.233. The van der Waals surface area contributed by atoms with Crippen LogP contribution in [0.25, 0.3) is 5.76 Å². The van der Waals surface area contributed by atoms with Crippen LogP contribution in [-0.2, 0) is 14.3 Å². The van der Waals surface area contributed by atoms with E-state index >= 15 is 0 Å². The first-order chi connectivity index (χ1) is 16.5. The van der Waals surface area contributed by atoms with Crippen LogP contribution in [0.1, 0.15) is 23.6 Å². The Balaban J connectivity index is 1.70. The minimum absolute atomic E-state index is 0.0368. The Labute approximate surface area is 199 Å². The van der Waals surface area contributed by atoms with Gasteiger partial charge in [-0.05, 0) is 35.4 Å². The standard InChI is InChI=1S/C26H30N2O6/c1-32-20-8-3-6-18(16-20)23-22(24(29)19-7-4-9-21(17-19)33-2)25(30)26(31)28(23)11-5-10-27-12-14-34-15-13-27/h3-4,6-9,16-17,23,29H,5,10-15H2,1-2H3/b24-22+. The molecule has 1 unspecified atom stereocenters. The number of benzene rings is 2. The van der Waals surface area contributed by atoms with Gasteiger partial charge in [-0.2, -0.15) is 0 Å². The molecule has 34 heavy (non-hydrogen) atoms. The molecule has 0 radical (unpaired) electrons. The van der Waals surface area contributed by atoms with Gasteiger partial charge in [0.15, 0.2) is 0 Å². The highest BCUT2D eigenvalue weighted by molar-refractivity contribution is 6.46. The van der Waals surface area contributed by atoms with Crippen molar-refractivity contribution in [2.24, 2.45) is 0 Å². The molecule has 180 valence electrons. The molecule has 2 aromatic carbocycles. The van der Waals surface area contributed by atoms with Gasteiger partial charge in [-0.1, -0.05) is 30.0 Å². The summed E-state index contributed by atoms with van der Waals surface area (Å²) in [6.45, 7) is 4.57. The molecule has 4 rings (SSSR count). The Morgan fingerprint density at radius 3 is 2.44 bits per heavy atom. The highest BCUT2D eigenvalue weighted by Crippen LogP contribution is 2.39. The molecule has 0 bridgehead atoms. The number of hydrogen-bond acceptors (Lipinski definition) is 6. The lowest BCUT2D eigenvalue weighted by Gasteiger charge is -2.29. The van der Waals surface area contributed by atoms with Gasteiger partial charge in [-0.25, -0.2) is 0 Å². The van der Waals surface area contributed by atoms with Crippen LogP contribution in [0.15, 0.2) is 54.1 Å². The molecular weight excluding hydrogens is 436 g/mol. The van der Waals surface area contributed by atoms with Crippen LogP contribution in [-0.4, -0.2) is 70.2 Å². The van der Waals surface area contributed by atoms with Crippen molar-refractivity contribution in [3.05, 3.63) is 65.2 Å². The van der Waals surface area contributed by atoms with Crippen molar-refractivity contribution in [2.45, 2.75) is 12.5 Å². The molecular formula is C26H30N2O6. The molecule has 2 aliphatic heterocycles. The average molecular weight is 467 g/mol. The van der Waals surface area contributed by atoms with Crippen LogP contribution in [0, 0.1) is 0 Å². The maximum absolute atomic E-state index is 13.5. The highest BCUT2D eigenvalue weighted by Gasteiger charge is 2.44. The summed E-state index contributed by atoms with van der Waals surface area (Å²) >= 11 is 0. The molecule has 1 amide bonds. The molecule has 1 atom stereocenters. The monoisotopic (exact) mass is 466 g/mol. The number of methoxy groups -OCH3 is 2. The number of hydrogen-bond donors (Lipinski definition) is 1. The fourth-order valence-corrected chi connectivity index (χ4v) is 4.59. The highest BCUT2D eigenvalue weighted by atomic mass is 16.5. The number of nitrogens with zero attached hydrogens (tertiary/aromatic N) is 1. The van der Waals surface area contributed by atoms with Crippen molar-refractivity contribution in [3.63, 3.8) is 0 Å². The molecule has 0 spiro atoms. The third kappa shape index (κ3) is 4.93. The minimum atomic E-state index is -0.770. The number of likely N-dealkylation sites (tertiary alicyclic amines) is 1. The van der Waals surface area contributed by atoms with Crippen molar-refractivity contribution >= 4 is 17.4 Å². The summed E-state index contributed by atoms with van der Waals surface area (Å²) in [6, 6.07) is 13.0. The normalized spacial score (nSPS) is 20.5. The maximum atomic E-state index is 13.5. The summed E-state index contributed by atoms with van der Waals surface area (Å²) in [5.74, 6) is -0.761. The third-order valence-corrected chi connectivity index (χ3v) is 6.40. The molecule has 0 saturated carbocycles. The molecule has 8 nitrogen and oxygen atoms in total. The Bertz CT molecular complexity index is 1080.